The van der Waals surface area contributed by atoms with E-state index < -0.39 is 0 Å². The summed E-state index contributed by atoms with van der Waals surface area (Å²) in [5.74, 6) is 0.734. The van der Waals surface area contributed by atoms with Crippen LogP contribution in [0.2, 0.25) is 0 Å². The van der Waals surface area contributed by atoms with Crippen molar-refractivity contribution in [2.45, 2.75) is 26.4 Å². The van der Waals surface area contributed by atoms with Crippen LogP contribution in [0.1, 0.15) is 20.3 Å². The van der Waals surface area contributed by atoms with Gasteiger partial charge in [0.15, 0.2) is 0 Å². The summed E-state index contributed by atoms with van der Waals surface area (Å²) in [6.45, 7) is 4.48. The zero-order chi connectivity index (χ0) is 13.5. The maximum Gasteiger partial charge on any atom is 0.221 e. The molecule has 18 heavy (non-hydrogen) atoms. The zero-order valence-corrected chi connectivity index (χ0v) is 11.1. The average molecular weight is 251 g/mol. The van der Waals surface area contributed by atoms with Gasteiger partial charge in [0.25, 0.3) is 0 Å². The van der Waals surface area contributed by atoms with E-state index >= 15 is 0 Å². The number of carbonyl (C=O) groups is 1. The SMILES string of the molecule is CNC(=O)CCNc1cc(N)cc(OC(C)C)c1. The molecule has 0 aromatic heterocycles. The van der Waals surface area contributed by atoms with E-state index in [1.807, 2.05) is 26.0 Å². The molecule has 0 saturated heterocycles. The Bertz CT molecular complexity index is 405. The molecule has 4 N–H and O–H groups in total. The predicted octanol–water partition coefficient (Wildman–Crippen LogP) is 1.60. The van der Waals surface area contributed by atoms with Gasteiger partial charge in [0, 0.05) is 43.5 Å². The van der Waals surface area contributed by atoms with E-state index in [1.54, 1.807) is 13.1 Å². The lowest BCUT2D eigenvalue weighted by atomic mass is 10.2. The second kappa shape index (κ2) is 6.74. The second-order valence-corrected chi connectivity index (χ2v) is 4.31. The normalized spacial score (nSPS) is 10.2. The van der Waals surface area contributed by atoms with Crippen LogP contribution in [0.15, 0.2) is 18.2 Å². The van der Waals surface area contributed by atoms with Crippen molar-refractivity contribution < 1.29 is 9.53 Å². The van der Waals surface area contributed by atoms with Crippen LogP contribution < -0.4 is 21.1 Å². The molecule has 0 atom stereocenters. The Morgan fingerprint density at radius 1 is 1.39 bits per heavy atom. The molecule has 0 bridgehead atoms. The van der Waals surface area contributed by atoms with Gasteiger partial charge in [-0.1, -0.05) is 0 Å². The lowest BCUT2D eigenvalue weighted by molar-refractivity contribution is -0.120. The molecule has 0 unspecified atom stereocenters. The second-order valence-electron chi connectivity index (χ2n) is 4.31. The zero-order valence-electron chi connectivity index (χ0n) is 11.1. The summed E-state index contributed by atoms with van der Waals surface area (Å²) in [5.41, 5.74) is 7.28. The lowest BCUT2D eigenvalue weighted by Crippen LogP contribution is -2.20. The van der Waals surface area contributed by atoms with Crippen molar-refractivity contribution in [1.29, 1.82) is 0 Å². The van der Waals surface area contributed by atoms with Gasteiger partial charge in [-0.3, -0.25) is 4.79 Å². The summed E-state index contributed by atoms with van der Waals surface area (Å²) in [5, 5.41) is 5.72. The molecule has 0 aliphatic heterocycles. The van der Waals surface area contributed by atoms with Crippen LogP contribution in [0, 0.1) is 0 Å². The third kappa shape index (κ3) is 4.95. The van der Waals surface area contributed by atoms with Crippen molar-refractivity contribution in [1.82, 2.24) is 5.32 Å². The van der Waals surface area contributed by atoms with Gasteiger partial charge in [0.05, 0.1) is 6.10 Å². The minimum absolute atomic E-state index is 0.00468. The molecule has 5 nitrogen and oxygen atoms in total. The molecule has 0 spiro atoms. The van der Waals surface area contributed by atoms with E-state index in [1.165, 1.54) is 0 Å². The molecule has 0 aliphatic rings. The quantitative estimate of drug-likeness (QED) is 0.671. The van der Waals surface area contributed by atoms with E-state index in [0.29, 0.717) is 18.7 Å². The topological polar surface area (TPSA) is 76.4 Å². The molecule has 5 heteroatoms. The summed E-state index contributed by atoms with van der Waals surface area (Å²) in [4.78, 5) is 11.1. The summed E-state index contributed by atoms with van der Waals surface area (Å²) >= 11 is 0. The highest BCUT2D eigenvalue weighted by atomic mass is 16.5. The molecule has 1 aromatic carbocycles. The molecule has 0 saturated carbocycles. The number of carbonyl (C=O) groups excluding carboxylic acids is 1. The van der Waals surface area contributed by atoms with Gasteiger partial charge in [0.1, 0.15) is 5.75 Å². The fourth-order valence-electron chi connectivity index (χ4n) is 1.51. The summed E-state index contributed by atoms with van der Waals surface area (Å²) in [6, 6.07) is 5.47. The number of nitrogens with one attached hydrogen (secondary N) is 2. The highest BCUT2D eigenvalue weighted by Crippen LogP contribution is 2.23. The minimum Gasteiger partial charge on any atom is -0.491 e. The molecule has 0 aliphatic carbocycles. The Hall–Kier alpha value is -1.91. The molecule has 1 amide bonds. The Morgan fingerprint density at radius 3 is 2.72 bits per heavy atom. The fourth-order valence-corrected chi connectivity index (χ4v) is 1.51. The highest BCUT2D eigenvalue weighted by molar-refractivity contribution is 5.76. The molecule has 0 radical (unpaired) electrons. The third-order valence-corrected chi connectivity index (χ3v) is 2.26. The molecular formula is C13H21N3O2. The maximum absolute atomic E-state index is 11.1. The van der Waals surface area contributed by atoms with Crippen LogP contribution in [0.4, 0.5) is 11.4 Å². The van der Waals surface area contributed by atoms with Gasteiger partial charge < -0.3 is 21.1 Å². The molecular weight excluding hydrogens is 230 g/mol. The molecule has 0 fully saturated rings. The average Bonchev–Trinajstić information content (AvgIpc) is 2.27. The number of amides is 1. The van der Waals surface area contributed by atoms with Crippen molar-refractivity contribution in [3.63, 3.8) is 0 Å². The van der Waals surface area contributed by atoms with Crippen molar-refractivity contribution >= 4 is 17.3 Å². The summed E-state index contributed by atoms with van der Waals surface area (Å²) in [7, 11) is 1.62. The van der Waals surface area contributed by atoms with Crippen molar-refractivity contribution in [2.24, 2.45) is 0 Å². The van der Waals surface area contributed by atoms with E-state index in [9.17, 15) is 4.79 Å². The van der Waals surface area contributed by atoms with Crippen molar-refractivity contribution in [2.75, 3.05) is 24.6 Å². The Balaban J connectivity index is 2.59. The van der Waals surface area contributed by atoms with Crippen LogP contribution in [0.25, 0.3) is 0 Å². The number of ether oxygens (including phenoxy) is 1. The predicted molar refractivity (Wildman–Crippen MR) is 73.8 cm³/mol. The van der Waals surface area contributed by atoms with Gasteiger partial charge in [0.2, 0.25) is 5.91 Å². The van der Waals surface area contributed by atoms with Crippen LogP contribution in [0.3, 0.4) is 0 Å². The number of hydrogen-bond donors (Lipinski definition) is 3. The number of hydrogen-bond acceptors (Lipinski definition) is 4. The first-order valence-corrected chi connectivity index (χ1v) is 6.03. The van der Waals surface area contributed by atoms with Crippen molar-refractivity contribution in [3.8, 4) is 5.75 Å². The molecule has 1 aromatic rings. The first-order valence-electron chi connectivity index (χ1n) is 6.03. The van der Waals surface area contributed by atoms with Crippen LogP contribution in [-0.4, -0.2) is 25.6 Å². The first kappa shape index (κ1) is 14.2. The van der Waals surface area contributed by atoms with Gasteiger partial charge in [-0.15, -0.1) is 0 Å². The Labute approximate surface area is 108 Å². The highest BCUT2D eigenvalue weighted by Gasteiger charge is 2.03. The fraction of sp³-hybridized carbons (Fsp3) is 0.462. The summed E-state index contributed by atoms with van der Waals surface area (Å²) in [6.07, 6.45) is 0.525. The van der Waals surface area contributed by atoms with Crippen LogP contribution in [0.5, 0.6) is 5.75 Å². The van der Waals surface area contributed by atoms with E-state index in [2.05, 4.69) is 10.6 Å². The van der Waals surface area contributed by atoms with Crippen molar-refractivity contribution in [3.05, 3.63) is 18.2 Å². The number of nitrogen functional groups attached to an aromatic ring is 1. The third-order valence-electron chi connectivity index (χ3n) is 2.26. The molecule has 100 valence electrons. The largest absolute Gasteiger partial charge is 0.491 e. The van der Waals surface area contributed by atoms with E-state index in [-0.39, 0.29) is 12.0 Å². The number of benzene rings is 1. The Morgan fingerprint density at radius 2 is 2.11 bits per heavy atom. The smallest absolute Gasteiger partial charge is 0.221 e. The first-order chi connectivity index (χ1) is 8.51. The van der Waals surface area contributed by atoms with E-state index in [0.717, 1.165) is 11.4 Å². The minimum atomic E-state index is 0.00468. The summed E-state index contributed by atoms with van der Waals surface area (Å²) < 4.78 is 5.58. The van der Waals surface area contributed by atoms with Crippen LogP contribution >= 0.6 is 0 Å². The standard InChI is InChI=1S/C13H21N3O2/c1-9(2)18-12-7-10(14)6-11(8-12)16-5-4-13(17)15-3/h6-9,16H,4-5,14H2,1-3H3,(H,15,17). The maximum atomic E-state index is 11.1. The lowest BCUT2D eigenvalue weighted by Gasteiger charge is -2.13. The number of nitrogens with two attached hydrogens (primary N) is 1. The van der Waals surface area contributed by atoms with Gasteiger partial charge >= 0.3 is 0 Å². The number of rotatable bonds is 6. The Kier molecular flexibility index (Phi) is 5.30. The molecule has 1 rings (SSSR count). The van der Waals surface area contributed by atoms with Gasteiger partial charge in [-0.2, -0.15) is 0 Å². The van der Waals surface area contributed by atoms with Crippen LogP contribution in [-0.2, 0) is 4.79 Å². The number of anilines is 2. The van der Waals surface area contributed by atoms with Gasteiger partial charge in [-0.25, -0.2) is 0 Å². The van der Waals surface area contributed by atoms with Gasteiger partial charge in [-0.05, 0) is 19.9 Å². The van der Waals surface area contributed by atoms with E-state index in [4.69, 9.17) is 10.5 Å². The monoisotopic (exact) mass is 251 g/mol. The molecule has 0 heterocycles.